The van der Waals surface area contributed by atoms with Crippen LogP contribution in [0.3, 0.4) is 0 Å². The predicted octanol–water partition coefficient (Wildman–Crippen LogP) is 3.88. The van der Waals surface area contributed by atoms with Crippen LogP contribution in [0, 0.1) is 0 Å². The summed E-state index contributed by atoms with van der Waals surface area (Å²) < 4.78 is 12.1. The Balaban J connectivity index is 1.90. The first-order chi connectivity index (χ1) is 14.0. The second kappa shape index (κ2) is 8.00. The minimum Gasteiger partial charge on any atom is -0.494 e. The van der Waals surface area contributed by atoms with Gasteiger partial charge < -0.3 is 19.2 Å². The van der Waals surface area contributed by atoms with E-state index < -0.39 is 6.04 Å². The number of aliphatic hydroxyl groups is 1. The van der Waals surface area contributed by atoms with Crippen molar-refractivity contribution in [1.29, 1.82) is 0 Å². The fraction of sp³-hybridized carbons (Fsp3) is 0.273. The zero-order chi connectivity index (χ0) is 20.5. The Kier molecular flexibility index (Phi) is 5.43. The molecule has 1 atom stereocenters. The van der Waals surface area contributed by atoms with Gasteiger partial charge in [-0.3, -0.25) is 9.59 Å². The molecule has 1 aromatic heterocycles. The highest BCUT2D eigenvalue weighted by Crippen LogP contribution is 2.38. The topological polar surface area (TPSA) is 80.0 Å². The molecule has 0 saturated carbocycles. The second-order valence-corrected chi connectivity index (χ2v) is 7.71. The van der Waals surface area contributed by atoms with Crippen molar-refractivity contribution < 1.29 is 19.1 Å². The minimum absolute atomic E-state index is 0.0492. The monoisotopic (exact) mass is 457 g/mol. The Bertz CT molecular complexity index is 1120. The fourth-order valence-electron chi connectivity index (χ4n) is 3.72. The second-order valence-electron chi connectivity index (χ2n) is 6.79. The molecule has 6 nitrogen and oxygen atoms in total. The van der Waals surface area contributed by atoms with Crippen LogP contribution >= 0.6 is 15.9 Å². The summed E-state index contributed by atoms with van der Waals surface area (Å²) >= 11 is 3.39. The van der Waals surface area contributed by atoms with Crippen LogP contribution in [-0.4, -0.2) is 35.7 Å². The number of carbonyl (C=O) groups is 1. The molecular formula is C22H20BrNO5. The van der Waals surface area contributed by atoms with Crippen LogP contribution in [-0.2, 0) is 0 Å². The Labute approximate surface area is 175 Å². The van der Waals surface area contributed by atoms with Gasteiger partial charge in [0.25, 0.3) is 5.91 Å². The van der Waals surface area contributed by atoms with Gasteiger partial charge in [0.1, 0.15) is 11.3 Å². The predicted molar refractivity (Wildman–Crippen MR) is 112 cm³/mol. The van der Waals surface area contributed by atoms with E-state index in [1.165, 1.54) is 0 Å². The van der Waals surface area contributed by atoms with Crippen LogP contribution in [0.4, 0.5) is 0 Å². The molecule has 4 rings (SSSR count). The number of benzene rings is 2. The lowest BCUT2D eigenvalue weighted by Crippen LogP contribution is -2.31. The molecule has 0 saturated heterocycles. The van der Waals surface area contributed by atoms with Gasteiger partial charge in [-0.2, -0.15) is 0 Å². The number of hydrogen-bond acceptors (Lipinski definition) is 5. The van der Waals surface area contributed by atoms with Crippen LogP contribution in [0.5, 0.6) is 5.75 Å². The van der Waals surface area contributed by atoms with Gasteiger partial charge >= 0.3 is 0 Å². The maximum absolute atomic E-state index is 13.4. The summed E-state index contributed by atoms with van der Waals surface area (Å²) in [5.74, 6) is 0.452. The van der Waals surface area contributed by atoms with Crippen molar-refractivity contribution >= 4 is 32.8 Å². The Hall–Kier alpha value is -2.64. The zero-order valence-electron chi connectivity index (χ0n) is 15.9. The number of carbonyl (C=O) groups excluding carboxylic acids is 1. The molecule has 1 aliphatic rings. The number of nitrogens with zero attached hydrogens (tertiary/aromatic N) is 1. The average molecular weight is 458 g/mol. The number of rotatable bonds is 6. The summed E-state index contributed by atoms with van der Waals surface area (Å²) in [4.78, 5) is 28.0. The van der Waals surface area contributed by atoms with Crippen molar-refractivity contribution in [1.82, 2.24) is 4.90 Å². The van der Waals surface area contributed by atoms with E-state index in [0.717, 1.165) is 15.8 Å². The summed E-state index contributed by atoms with van der Waals surface area (Å²) in [5, 5.41) is 9.70. The molecule has 2 heterocycles. The smallest absolute Gasteiger partial charge is 0.290 e. The van der Waals surface area contributed by atoms with E-state index >= 15 is 0 Å². The molecular weight excluding hydrogens is 438 g/mol. The number of aliphatic hydroxyl groups excluding tert-OH is 1. The molecule has 1 amide bonds. The number of amides is 1. The van der Waals surface area contributed by atoms with Gasteiger partial charge in [-0.1, -0.05) is 28.1 Å². The molecule has 0 aliphatic carbocycles. The lowest BCUT2D eigenvalue weighted by Gasteiger charge is -2.25. The van der Waals surface area contributed by atoms with E-state index in [4.69, 9.17) is 9.15 Å². The Morgan fingerprint density at radius 3 is 2.62 bits per heavy atom. The van der Waals surface area contributed by atoms with Crippen LogP contribution in [0.1, 0.15) is 41.1 Å². The maximum atomic E-state index is 13.4. The van der Waals surface area contributed by atoms with E-state index in [1.807, 2.05) is 31.2 Å². The summed E-state index contributed by atoms with van der Waals surface area (Å²) in [5.41, 5.74) is 1.28. The summed E-state index contributed by atoms with van der Waals surface area (Å²) in [6.07, 6.45) is 0.409. The fourth-order valence-corrected chi connectivity index (χ4v) is 4.08. The number of hydrogen-bond donors (Lipinski definition) is 1. The van der Waals surface area contributed by atoms with Gasteiger partial charge in [-0.05, 0) is 49.2 Å². The van der Waals surface area contributed by atoms with E-state index in [0.29, 0.717) is 36.1 Å². The Morgan fingerprint density at radius 2 is 1.93 bits per heavy atom. The lowest BCUT2D eigenvalue weighted by atomic mass is 9.98. The zero-order valence-corrected chi connectivity index (χ0v) is 17.4. The number of fused-ring (bicyclic) bond motifs is 2. The van der Waals surface area contributed by atoms with Crippen LogP contribution < -0.4 is 10.2 Å². The van der Waals surface area contributed by atoms with Crippen LogP contribution in [0.2, 0.25) is 0 Å². The SMILES string of the molecule is CCOc1ccc(C2c3c(oc4ccc(Br)cc4c3=O)C(=O)N2CCCO)cc1. The quantitative estimate of drug-likeness (QED) is 0.607. The number of ether oxygens (including phenoxy) is 1. The standard InChI is InChI=1S/C22H20BrNO5/c1-2-28-15-7-4-13(5-8-15)19-18-20(26)16-12-14(23)6-9-17(16)29-21(18)22(27)24(19)10-3-11-25/h4-9,12,19,25H,2-3,10-11H2,1H3. The summed E-state index contributed by atoms with van der Waals surface area (Å²) in [6.45, 7) is 2.73. The van der Waals surface area contributed by atoms with E-state index in [9.17, 15) is 14.7 Å². The summed E-state index contributed by atoms with van der Waals surface area (Å²) in [6, 6.07) is 11.9. The third kappa shape index (κ3) is 3.45. The van der Waals surface area contributed by atoms with Gasteiger partial charge in [0.2, 0.25) is 5.76 Å². The molecule has 1 aliphatic heterocycles. The van der Waals surface area contributed by atoms with Gasteiger partial charge in [-0.15, -0.1) is 0 Å². The molecule has 1 N–H and O–H groups in total. The minimum atomic E-state index is -0.570. The van der Waals surface area contributed by atoms with Crippen molar-refractivity contribution in [2.75, 3.05) is 19.8 Å². The lowest BCUT2D eigenvalue weighted by molar-refractivity contribution is 0.0716. The highest BCUT2D eigenvalue weighted by molar-refractivity contribution is 9.10. The molecule has 29 heavy (non-hydrogen) atoms. The van der Waals surface area contributed by atoms with Crippen LogP contribution in [0.25, 0.3) is 11.0 Å². The van der Waals surface area contributed by atoms with Gasteiger partial charge in [0, 0.05) is 17.6 Å². The maximum Gasteiger partial charge on any atom is 0.290 e. The molecule has 150 valence electrons. The van der Waals surface area contributed by atoms with E-state index in [1.54, 1.807) is 23.1 Å². The molecule has 2 aromatic carbocycles. The first kappa shape index (κ1) is 19.7. The van der Waals surface area contributed by atoms with Crippen molar-refractivity contribution in [3.05, 3.63) is 74.0 Å². The highest BCUT2D eigenvalue weighted by atomic mass is 79.9. The van der Waals surface area contributed by atoms with Gasteiger partial charge in [-0.25, -0.2) is 0 Å². The summed E-state index contributed by atoms with van der Waals surface area (Å²) in [7, 11) is 0. The third-order valence-corrected chi connectivity index (χ3v) is 5.48. The molecule has 3 aromatic rings. The van der Waals surface area contributed by atoms with Crippen molar-refractivity contribution in [2.24, 2.45) is 0 Å². The molecule has 7 heteroatoms. The number of halogens is 1. The molecule has 1 unspecified atom stereocenters. The molecule has 0 spiro atoms. The van der Waals surface area contributed by atoms with Gasteiger partial charge in [0.05, 0.1) is 23.6 Å². The first-order valence-corrected chi connectivity index (χ1v) is 10.2. The van der Waals surface area contributed by atoms with Crippen molar-refractivity contribution in [2.45, 2.75) is 19.4 Å². The largest absolute Gasteiger partial charge is 0.494 e. The molecule has 0 radical (unpaired) electrons. The highest BCUT2D eigenvalue weighted by Gasteiger charge is 2.42. The van der Waals surface area contributed by atoms with E-state index in [2.05, 4.69) is 15.9 Å². The first-order valence-electron chi connectivity index (χ1n) is 9.46. The normalized spacial score (nSPS) is 15.8. The van der Waals surface area contributed by atoms with Crippen molar-refractivity contribution in [3.8, 4) is 5.75 Å². The average Bonchev–Trinajstić information content (AvgIpc) is 3.00. The third-order valence-electron chi connectivity index (χ3n) is 4.99. The molecule has 0 fully saturated rings. The van der Waals surface area contributed by atoms with E-state index in [-0.39, 0.29) is 23.7 Å². The van der Waals surface area contributed by atoms with Crippen LogP contribution in [0.15, 0.2) is 56.1 Å². The molecule has 0 bridgehead atoms. The van der Waals surface area contributed by atoms with Gasteiger partial charge in [0.15, 0.2) is 5.43 Å². The van der Waals surface area contributed by atoms with Crippen molar-refractivity contribution in [3.63, 3.8) is 0 Å². The Morgan fingerprint density at radius 1 is 1.17 bits per heavy atom.